The summed E-state index contributed by atoms with van der Waals surface area (Å²) in [6.45, 7) is 2.19. The second-order valence-electron chi connectivity index (χ2n) is 8.36. The van der Waals surface area contributed by atoms with Crippen LogP contribution in [0.25, 0.3) is 11.3 Å². The largest absolute Gasteiger partial charge is 0.317 e. The Labute approximate surface area is 173 Å². The fraction of sp³-hybridized carbons (Fsp3) is 0.346. The zero-order valence-electron chi connectivity index (χ0n) is 16.9. The Morgan fingerprint density at radius 3 is 2.55 bits per heavy atom. The standard InChI is InChI=1S/C26H29N3/c1-3-8-20(9-4-1)22-10-7-11-23(18-22)26-25(21-14-16-27-17-15-21)19-28-29(26)24-12-5-2-6-13-24/h1-8,11-13,18-22,27H,9-10,14-17H2. The number of aromatic nitrogens is 2. The third kappa shape index (κ3) is 3.79. The summed E-state index contributed by atoms with van der Waals surface area (Å²) in [4.78, 5) is 0. The summed E-state index contributed by atoms with van der Waals surface area (Å²) in [6.07, 6.45) is 23.0. The number of piperidine rings is 1. The summed E-state index contributed by atoms with van der Waals surface area (Å²) in [6, 6.07) is 10.6. The molecular formula is C26H29N3. The summed E-state index contributed by atoms with van der Waals surface area (Å²) in [5, 5.41) is 8.37. The number of nitrogens with one attached hydrogen (secondary N) is 1. The first-order valence-corrected chi connectivity index (χ1v) is 11.0. The second-order valence-corrected chi connectivity index (χ2v) is 8.36. The number of nitrogens with zero attached hydrogens (tertiary/aromatic N) is 2. The highest BCUT2D eigenvalue weighted by atomic mass is 15.3. The summed E-state index contributed by atoms with van der Waals surface area (Å²) in [7, 11) is 0. The first-order chi connectivity index (χ1) is 14.4. The average Bonchev–Trinajstić information content (AvgIpc) is 3.26. The SMILES string of the molecule is C1=CCC(C2C=C(c3c(C4CCNCC4)cnn3-c3ccccc3)C=CC2)C=C1. The molecule has 2 atom stereocenters. The topological polar surface area (TPSA) is 29.9 Å². The maximum absolute atomic E-state index is 4.87. The van der Waals surface area contributed by atoms with E-state index in [1.54, 1.807) is 0 Å². The van der Waals surface area contributed by atoms with Gasteiger partial charge in [-0.25, -0.2) is 4.68 Å². The number of para-hydroxylation sites is 1. The van der Waals surface area contributed by atoms with Gasteiger partial charge in [-0.05, 0) is 74.2 Å². The van der Waals surface area contributed by atoms with Gasteiger partial charge in [0.15, 0.2) is 0 Å². The molecule has 5 rings (SSSR count). The number of allylic oxidation sites excluding steroid dienone is 8. The fourth-order valence-electron chi connectivity index (χ4n) is 4.93. The molecule has 2 aliphatic carbocycles. The molecule has 2 aromatic rings. The lowest BCUT2D eigenvalue weighted by molar-refractivity contribution is 0.459. The maximum atomic E-state index is 4.87. The van der Waals surface area contributed by atoms with Gasteiger partial charge in [-0.2, -0.15) is 5.10 Å². The summed E-state index contributed by atoms with van der Waals surface area (Å²) >= 11 is 0. The second kappa shape index (κ2) is 8.38. The molecule has 1 saturated heterocycles. The van der Waals surface area contributed by atoms with E-state index in [0.29, 0.717) is 17.8 Å². The Kier molecular flexibility index (Phi) is 5.31. The number of benzene rings is 1. The number of hydrogen-bond donors (Lipinski definition) is 1. The van der Waals surface area contributed by atoms with Gasteiger partial charge >= 0.3 is 0 Å². The molecule has 3 aliphatic rings. The van der Waals surface area contributed by atoms with Crippen LogP contribution in [0.2, 0.25) is 0 Å². The molecule has 1 aromatic carbocycles. The van der Waals surface area contributed by atoms with Crippen LogP contribution in [0.4, 0.5) is 0 Å². The van der Waals surface area contributed by atoms with Crippen LogP contribution >= 0.6 is 0 Å². The molecule has 3 heteroatoms. The van der Waals surface area contributed by atoms with Crippen molar-refractivity contribution in [3.63, 3.8) is 0 Å². The van der Waals surface area contributed by atoms with E-state index in [1.165, 1.54) is 29.7 Å². The smallest absolute Gasteiger partial charge is 0.0772 e. The van der Waals surface area contributed by atoms with Gasteiger partial charge in [-0.3, -0.25) is 0 Å². The normalized spacial score (nSPS) is 24.6. The van der Waals surface area contributed by atoms with Gasteiger partial charge in [0, 0.05) is 5.56 Å². The highest BCUT2D eigenvalue weighted by Crippen LogP contribution is 2.38. The molecule has 0 radical (unpaired) electrons. The monoisotopic (exact) mass is 383 g/mol. The van der Waals surface area contributed by atoms with Crippen LogP contribution in [0.15, 0.2) is 79.1 Å². The van der Waals surface area contributed by atoms with Crippen LogP contribution in [0, 0.1) is 11.8 Å². The predicted octanol–water partition coefficient (Wildman–Crippen LogP) is 5.43. The molecule has 29 heavy (non-hydrogen) atoms. The molecule has 3 nitrogen and oxygen atoms in total. The third-order valence-electron chi connectivity index (χ3n) is 6.51. The minimum atomic E-state index is 0.552. The van der Waals surface area contributed by atoms with E-state index in [0.717, 1.165) is 31.6 Å². The van der Waals surface area contributed by atoms with Crippen LogP contribution in [0.5, 0.6) is 0 Å². The van der Waals surface area contributed by atoms with Gasteiger partial charge in [-0.1, -0.05) is 60.7 Å². The van der Waals surface area contributed by atoms with E-state index in [9.17, 15) is 0 Å². The van der Waals surface area contributed by atoms with Crippen molar-refractivity contribution >= 4 is 5.57 Å². The van der Waals surface area contributed by atoms with Crippen molar-refractivity contribution in [2.45, 2.75) is 31.6 Å². The first-order valence-electron chi connectivity index (χ1n) is 11.0. The lowest BCUT2D eigenvalue weighted by Gasteiger charge is -2.27. The summed E-state index contributed by atoms with van der Waals surface area (Å²) in [5.41, 5.74) is 5.17. The van der Waals surface area contributed by atoms with Gasteiger partial charge in [-0.15, -0.1) is 0 Å². The molecule has 1 fully saturated rings. The molecule has 0 saturated carbocycles. The number of hydrogen-bond acceptors (Lipinski definition) is 2. The molecule has 0 amide bonds. The summed E-state index contributed by atoms with van der Waals surface area (Å²) in [5.74, 6) is 1.72. The number of rotatable bonds is 4. The lowest BCUT2D eigenvalue weighted by Crippen LogP contribution is -2.27. The Bertz CT molecular complexity index is 955. The lowest BCUT2D eigenvalue weighted by atomic mass is 9.80. The molecule has 1 aromatic heterocycles. The molecule has 1 N–H and O–H groups in total. The van der Waals surface area contributed by atoms with E-state index in [4.69, 9.17) is 5.10 Å². The van der Waals surface area contributed by atoms with Crippen molar-refractivity contribution in [1.29, 1.82) is 0 Å². The van der Waals surface area contributed by atoms with Gasteiger partial charge in [0.05, 0.1) is 17.6 Å². The predicted molar refractivity (Wildman–Crippen MR) is 120 cm³/mol. The van der Waals surface area contributed by atoms with E-state index in [-0.39, 0.29) is 0 Å². The Morgan fingerprint density at radius 1 is 0.931 bits per heavy atom. The van der Waals surface area contributed by atoms with Crippen molar-refractivity contribution < 1.29 is 0 Å². The van der Waals surface area contributed by atoms with E-state index in [2.05, 4.69) is 89.1 Å². The van der Waals surface area contributed by atoms with Crippen molar-refractivity contribution in [2.24, 2.45) is 11.8 Å². The van der Waals surface area contributed by atoms with E-state index >= 15 is 0 Å². The van der Waals surface area contributed by atoms with Crippen LogP contribution < -0.4 is 5.32 Å². The molecule has 2 unspecified atom stereocenters. The molecule has 0 spiro atoms. The van der Waals surface area contributed by atoms with Crippen LogP contribution in [-0.2, 0) is 0 Å². The van der Waals surface area contributed by atoms with Crippen LogP contribution in [-0.4, -0.2) is 22.9 Å². The van der Waals surface area contributed by atoms with Crippen LogP contribution in [0.1, 0.15) is 42.9 Å². The van der Waals surface area contributed by atoms with E-state index < -0.39 is 0 Å². The first kappa shape index (κ1) is 18.4. The molecular weight excluding hydrogens is 354 g/mol. The van der Waals surface area contributed by atoms with Crippen LogP contribution in [0.3, 0.4) is 0 Å². The van der Waals surface area contributed by atoms with Gasteiger partial charge in [0.2, 0.25) is 0 Å². The van der Waals surface area contributed by atoms with Gasteiger partial charge < -0.3 is 5.32 Å². The zero-order chi connectivity index (χ0) is 19.5. The highest BCUT2D eigenvalue weighted by Gasteiger charge is 2.26. The van der Waals surface area contributed by atoms with Gasteiger partial charge in [0.25, 0.3) is 0 Å². The van der Waals surface area contributed by atoms with Gasteiger partial charge in [0.1, 0.15) is 0 Å². The maximum Gasteiger partial charge on any atom is 0.0772 e. The van der Waals surface area contributed by atoms with E-state index in [1.807, 2.05) is 0 Å². The Balaban J connectivity index is 1.57. The minimum Gasteiger partial charge on any atom is -0.317 e. The molecule has 0 bridgehead atoms. The van der Waals surface area contributed by atoms with Crippen molar-refractivity contribution in [1.82, 2.24) is 15.1 Å². The minimum absolute atomic E-state index is 0.552. The Hall–Kier alpha value is -2.65. The summed E-state index contributed by atoms with van der Waals surface area (Å²) < 4.78 is 2.16. The average molecular weight is 384 g/mol. The third-order valence-corrected chi connectivity index (χ3v) is 6.51. The molecule has 1 aliphatic heterocycles. The van der Waals surface area contributed by atoms with Crippen molar-refractivity contribution in [2.75, 3.05) is 13.1 Å². The van der Waals surface area contributed by atoms with Crippen molar-refractivity contribution in [3.05, 3.63) is 90.3 Å². The van der Waals surface area contributed by atoms with Crippen molar-refractivity contribution in [3.8, 4) is 5.69 Å². The molecule has 2 heterocycles. The Morgan fingerprint density at radius 2 is 1.76 bits per heavy atom. The quantitative estimate of drug-likeness (QED) is 0.763. The fourth-order valence-corrected chi connectivity index (χ4v) is 4.93. The highest BCUT2D eigenvalue weighted by molar-refractivity contribution is 5.76. The molecule has 148 valence electrons. The zero-order valence-corrected chi connectivity index (χ0v) is 16.9.